The highest BCUT2D eigenvalue weighted by Gasteiger charge is 2.17. The third kappa shape index (κ3) is 3.84. The van der Waals surface area contributed by atoms with Gasteiger partial charge in [0, 0.05) is 17.3 Å². The molecule has 1 aromatic heterocycles. The van der Waals surface area contributed by atoms with Crippen molar-refractivity contribution in [1.82, 2.24) is 4.98 Å². The lowest BCUT2D eigenvalue weighted by molar-refractivity contribution is 0.325. The zero-order valence-electron chi connectivity index (χ0n) is 13.3. The maximum absolute atomic E-state index is 11.2. The highest BCUT2D eigenvalue weighted by Crippen LogP contribution is 2.44. The van der Waals surface area contributed by atoms with Gasteiger partial charge in [-0.25, -0.2) is 13.4 Å². The summed E-state index contributed by atoms with van der Waals surface area (Å²) in [6.07, 6.45) is 2.62. The Balaban J connectivity index is 2.46. The number of nitrogens with zero attached hydrogens (tertiary/aromatic N) is 1. The largest absolute Gasteiger partial charge is 0.493 e. The predicted octanol–water partition coefficient (Wildman–Crippen LogP) is 2.15. The lowest BCUT2D eigenvalue weighted by Crippen LogP contribution is -2.10. The van der Waals surface area contributed by atoms with Crippen LogP contribution in [-0.2, 0) is 10.0 Å². The van der Waals surface area contributed by atoms with Gasteiger partial charge in [-0.15, -0.1) is 0 Å². The summed E-state index contributed by atoms with van der Waals surface area (Å²) in [6, 6.07) is 6.90. The molecule has 23 heavy (non-hydrogen) atoms. The van der Waals surface area contributed by atoms with Gasteiger partial charge in [-0.3, -0.25) is 4.72 Å². The Morgan fingerprint density at radius 2 is 1.65 bits per heavy atom. The van der Waals surface area contributed by atoms with Gasteiger partial charge >= 0.3 is 0 Å². The molecule has 1 N–H and O–H groups in total. The first-order valence-electron chi connectivity index (χ1n) is 6.62. The van der Waals surface area contributed by atoms with Crippen LogP contribution < -0.4 is 18.9 Å². The van der Waals surface area contributed by atoms with Gasteiger partial charge in [0.1, 0.15) is 5.82 Å². The summed E-state index contributed by atoms with van der Waals surface area (Å²) in [6.45, 7) is 0. The average Bonchev–Trinajstić information content (AvgIpc) is 2.52. The van der Waals surface area contributed by atoms with Crippen LogP contribution in [0.2, 0.25) is 0 Å². The highest BCUT2D eigenvalue weighted by molar-refractivity contribution is 7.92. The van der Waals surface area contributed by atoms with Crippen LogP contribution in [0.5, 0.6) is 17.2 Å². The molecule has 0 aliphatic heterocycles. The summed E-state index contributed by atoms with van der Waals surface area (Å²) in [7, 11) is 1.25. The number of ether oxygens (including phenoxy) is 3. The summed E-state index contributed by atoms with van der Waals surface area (Å²) < 4.78 is 40.8. The molecule has 0 amide bonds. The molecule has 0 saturated heterocycles. The van der Waals surface area contributed by atoms with Crippen molar-refractivity contribution in [3.63, 3.8) is 0 Å². The van der Waals surface area contributed by atoms with Crippen molar-refractivity contribution in [3.8, 4) is 28.4 Å². The van der Waals surface area contributed by atoms with Crippen molar-refractivity contribution < 1.29 is 22.6 Å². The van der Waals surface area contributed by atoms with Crippen LogP contribution in [0, 0.1) is 0 Å². The van der Waals surface area contributed by atoms with Crippen molar-refractivity contribution in [3.05, 3.63) is 30.5 Å². The van der Waals surface area contributed by atoms with Crippen LogP contribution in [0.3, 0.4) is 0 Å². The SMILES string of the molecule is COc1ccc(-c2ccc(NS(C)(=O)=O)nc2)c(OC)c1OC. The lowest BCUT2D eigenvalue weighted by Gasteiger charge is -2.15. The van der Waals surface area contributed by atoms with Crippen LogP contribution >= 0.6 is 0 Å². The first-order valence-corrected chi connectivity index (χ1v) is 8.52. The molecule has 0 bridgehead atoms. The molecule has 0 aliphatic rings. The van der Waals surface area contributed by atoms with E-state index < -0.39 is 10.0 Å². The van der Waals surface area contributed by atoms with Gasteiger partial charge in [0.05, 0.1) is 27.6 Å². The lowest BCUT2D eigenvalue weighted by atomic mass is 10.1. The summed E-state index contributed by atoms with van der Waals surface area (Å²) in [5.74, 6) is 1.79. The van der Waals surface area contributed by atoms with E-state index in [0.29, 0.717) is 17.2 Å². The maximum Gasteiger partial charge on any atom is 0.230 e. The molecule has 0 unspecified atom stereocenters. The average molecular weight is 338 g/mol. The van der Waals surface area contributed by atoms with E-state index in [1.54, 1.807) is 31.5 Å². The summed E-state index contributed by atoms with van der Waals surface area (Å²) in [4.78, 5) is 4.10. The van der Waals surface area contributed by atoms with E-state index in [1.165, 1.54) is 14.2 Å². The van der Waals surface area contributed by atoms with Crippen molar-refractivity contribution in [1.29, 1.82) is 0 Å². The van der Waals surface area contributed by atoms with E-state index in [9.17, 15) is 8.42 Å². The van der Waals surface area contributed by atoms with Crippen LogP contribution in [0.25, 0.3) is 11.1 Å². The predicted molar refractivity (Wildman–Crippen MR) is 87.8 cm³/mol. The van der Waals surface area contributed by atoms with E-state index in [1.807, 2.05) is 6.07 Å². The molecule has 0 atom stereocenters. The number of anilines is 1. The van der Waals surface area contributed by atoms with Crippen LogP contribution in [0.1, 0.15) is 0 Å². The molecule has 124 valence electrons. The summed E-state index contributed by atoms with van der Waals surface area (Å²) in [5.41, 5.74) is 1.51. The Hall–Kier alpha value is -2.48. The van der Waals surface area contributed by atoms with Gasteiger partial charge in [-0.05, 0) is 24.3 Å². The number of hydrogen-bond acceptors (Lipinski definition) is 6. The minimum Gasteiger partial charge on any atom is -0.493 e. The molecule has 0 radical (unpaired) electrons. The third-order valence-electron chi connectivity index (χ3n) is 3.07. The second kappa shape index (κ2) is 6.74. The monoisotopic (exact) mass is 338 g/mol. The van der Waals surface area contributed by atoms with Crippen molar-refractivity contribution in [2.75, 3.05) is 32.3 Å². The van der Waals surface area contributed by atoms with Crippen molar-refractivity contribution in [2.45, 2.75) is 0 Å². The Kier molecular flexibility index (Phi) is 4.95. The smallest absolute Gasteiger partial charge is 0.230 e. The van der Waals surface area contributed by atoms with E-state index in [-0.39, 0.29) is 5.82 Å². The molecule has 0 saturated carbocycles. The molecule has 2 rings (SSSR count). The minimum atomic E-state index is -3.36. The number of pyridine rings is 1. The van der Waals surface area contributed by atoms with Gasteiger partial charge in [0.15, 0.2) is 11.5 Å². The fourth-order valence-corrected chi connectivity index (χ4v) is 2.63. The fraction of sp³-hybridized carbons (Fsp3) is 0.267. The Bertz CT molecular complexity index is 788. The van der Waals surface area contributed by atoms with Gasteiger partial charge in [0.2, 0.25) is 15.8 Å². The quantitative estimate of drug-likeness (QED) is 0.868. The molecule has 2 aromatic rings. The second-order valence-electron chi connectivity index (χ2n) is 4.69. The van der Waals surface area contributed by atoms with Gasteiger partial charge in [-0.1, -0.05) is 0 Å². The number of benzene rings is 1. The zero-order chi connectivity index (χ0) is 17.0. The Morgan fingerprint density at radius 1 is 0.957 bits per heavy atom. The summed E-state index contributed by atoms with van der Waals surface area (Å²) in [5, 5.41) is 0. The molecular weight excluding hydrogens is 320 g/mol. The van der Waals surface area contributed by atoms with Gasteiger partial charge in [0.25, 0.3) is 0 Å². The number of aromatic nitrogens is 1. The maximum atomic E-state index is 11.2. The molecule has 7 nitrogen and oxygen atoms in total. The topological polar surface area (TPSA) is 86.8 Å². The number of methoxy groups -OCH3 is 3. The first-order chi connectivity index (χ1) is 10.9. The van der Waals surface area contributed by atoms with Crippen LogP contribution in [0.4, 0.5) is 5.82 Å². The minimum absolute atomic E-state index is 0.246. The number of nitrogens with one attached hydrogen (secondary N) is 1. The fourth-order valence-electron chi connectivity index (χ4n) is 2.13. The Morgan fingerprint density at radius 3 is 2.13 bits per heavy atom. The van der Waals surface area contributed by atoms with E-state index in [2.05, 4.69) is 9.71 Å². The normalized spacial score (nSPS) is 11.0. The summed E-state index contributed by atoms with van der Waals surface area (Å²) >= 11 is 0. The standard InChI is InChI=1S/C15H18N2O5S/c1-20-12-7-6-11(14(21-2)15(12)22-3)10-5-8-13(16-9-10)17-23(4,18)19/h5-9H,1-4H3,(H,16,17). The van der Waals surface area contributed by atoms with E-state index in [4.69, 9.17) is 14.2 Å². The highest BCUT2D eigenvalue weighted by atomic mass is 32.2. The first kappa shape index (κ1) is 16.9. The third-order valence-corrected chi connectivity index (χ3v) is 3.65. The van der Waals surface area contributed by atoms with Crippen molar-refractivity contribution in [2.24, 2.45) is 0 Å². The molecule has 1 aromatic carbocycles. The number of hydrogen-bond donors (Lipinski definition) is 1. The van der Waals surface area contributed by atoms with Gasteiger partial charge < -0.3 is 14.2 Å². The Labute approximate surface area is 135 Å². The van der Waals surface area contributed by atoms with Crippen LogP contribution in [-0.4, -0.2) is 41.0 Å². The number of rotatable bonds is 6. The van der Waals surface area contributed by atoms with Crippen LogP contribution in [0.15, 0.2) is 30.5 Å². The van der Waals surface area contributed by atoms with E-state index in [0.717, 1.165) is 17.4 Å². The molecule has 8 heteroatoms. The number of sulfonamides is 1. The van der Waals surface area contributed by atoms with Crippen molar-refractivity contribution >= 4 is 15.8 Å². The molecule has 0 spiro atoms. The molecule has 0 fully saturated rings. The zero-order valence-corrected chi connectivity index (χ0v) is 14.1. The second-order valence-corrected chi connectivity index (χ2v) is 6.44. The molecule has 1 heterocycles. The van der Waals surface area contributed by atoms with E-state index >= 15 is 0 Å². The molecule has 0 aliphatic carbocycles. The molecular formula is C15H18N2O5S. The van der Waals surface area contributed by atoms with Gasteiger partial charge in [-0.2, -0.15) is 0 Å².